The van der Waals surface area contributed by atoms with Crippen LogP contribution in [0.4, 0.5) is 5.82 Å². The van der Waals surface area contributed by atoms with Crippen LogP contribution in [0.2, 0.25) is 0 Å². The summed E-state index contributed by atoms with van der Waals surface area (Å²) < 4.78 is 5.53. The number of ether oxygens (including phenoxy) is 1. The average Bonchev–Trinajstić information content (AvgIpc) is 3.49. The highest BCUT2D eigenvalue weighted by atomic mass is 16.6. The minimum atomic E-state index is -0.421. The number of nitrogens with one attached hydrogen (secondary N) is 2. The smallest absolute Gasteiger partial charge is 0.306 e. The van der Waals surface area contributed by atoms with E-state index < -0.39 is 5.60 Å². The summed E-state index contributed by atoms with van der Waals surface area (Å²) in [6.07, 6.45) is 12.3. The van der Waals surface area contributed by atoms with Gasteiger partial charge in [-0.2, -0.15) is 5.10 Å². The predicted octanol–water partition coefficient (Wildman–Crippen LogP) is 6.64. The Morgan fingerprint density at radius 2 is 2.06 bits per heavy atom. The molecule has 0 amide bonds. The number of aromatic nitrogens is 2. The molecule has 1 aromatic rings. The molecule has 2 unspecified atom stereocenters. The summed E-state index contributed by atoms with van der Waals surface area (Å²) in [5.74, 6) is 4.73. The van der Waals surface area contributed by atoms with Crippen LogP contribution in [0.3, 0.4) is 0 Å². The molecule has 2 heterocycles. The molecule has 0 aromatic carbocycles. The number of esters is 1. The minimum Gasteiger partial charge on any atom is -0.460 e. The lowest BCUT2D eigenvalue weighted by Crippen LogP contribution is -2.49. The van der Waals surface area contributed by atoms with Gasteiger partial charge in [0.15, 0.2) is 5.82 Å². The number of nitrogens with zero attached hydrogens (tertiary/aromatic N) is 3. The average molecular weight is 498 g/mol. The zero-order valence-corrected chi connectivity index (χ0v) is 23.4. The van der Waals surface area contributed by atoms with E-state index in [1.807, 2.05) is 39.8 Å². The summed E-state index contributed by atoms with van der Waals surface area (Å²) in [5.41, 5.74) is 0.786. The number of hydrogen-bond acceptors (Lipinski definition) is 5. The van der Waals surface area contributed by atoms with Crippen LogP contribution in [0.25, 0.3) is 0 Å². The van der Waals surface area contributed by atoms with Crippen LogP contribution in [0, 0.1) is 17.8 Å². The number of rotatable bonds is 12. The van der Waals surface area contributed by atoms with E-state index in [4.69, 9.17) is 9.73 Å². The summed E-state index contributed by atoms with van der Waals surface area (Å²) in [6, 6.07) is 2.10. The summed E-state index contributed by atoms with van der Waals surface area (Å²) in [5, 5.41) is 11.0. The van der Waals surface area contributed by atoms with E-state index in [2.05, 4.69) is 53.3 Å². The summed E-state index contributed by atoms with van der Waals surface area (Å²) in [6.45, 7) is 16.4. The van der Waals surface area contributed by atoms with Gasteiger partial charge in [0.25, 0.3) is 0 Å². The molecule has 1 saturated carbocycles. The van der Waals surface area contributed by atoms with Crippen LogP contribution in [0.5, 0.6) is 0 Å². The molecule has 1 aliphatic heterocycles. The van der Waals surface area contributed by atoms with Crippen LogP contribution in [0.15, 0.2) is 35.1 Å². The standard InChI is InChI=1S/C29H47N5O2/c1-8-11-25(30-26-17-24(32-33-26)22-13-14-22)31-27(12-9-2)34-18-23(19-34)21(10-3)15-20(4)16-28(35)36-29(5,6)7/h8,11-12,17,20-23H,9-10,13-16,18-19H2,1-7H3,(H2,30,31,32,33)/b11-8-,27-12-. The number of carbonyl (C=O) groups excluding carboxylic acids is 1. The molecule has 0 spiro atoms. The first-order chi connectivity index (χ1) is 17.1. The number of allylic oxidation sites excluding steroid dienone is 2. The molecule has 200 valence electrons. The van der Waals surface area contributed by atoms with Crippen molar-refractivity contribution in [1.82, 2.24) is 15.1 Å². The molecule has 2 fully saturated rings. The highest BCUT2D eigenvalue weighted by Gasteiger charge is 2.35. The lowest BCUT2D eigenvalue weighted by molar-refractivity contribution is -0.156. The topological polar surface area (TPSA) is 82.6 Å². The molecular weight excluding hydrogens is 450 g/mol. The van der Waals surface area contributed by atoms with Gasteiger partial charge in [0.2, 0.25) is 0 Å². The number of carbonyl (C=O) groups is 1. The van der Waals surface area contributed by atoms with E-state index in [-0.39, 0.29) is 5.97 Å². The fourth-order valence-electron chi connectivity index (χ4n) is 4.91. The summed E-state index contributed by atoms with van der Waals surface area (Å²) in [7, 11) is 0. The maximum Gasteiger partial charge on any atom is 0.306 e. The van der Waals surface area contributed by atoms with Gasteiger partial charge < -0.3 is 15.0 Å². The van der Waals surface area contributed by atoms with Gasteiger partial charge in [-0.3, -0.25) is 9.89 Å². The second-order valence-corrected chi connectivity index (χ2v) is 11.5. The van der Waals surface area contributed by atoms with Crippen molar-refractivity contribution in [3.8, 4) is 0 Å². The quantitative estimate of drug-likeness (QED) is 0.192. The first-order valence-electron chi connectivity index (χ1n) is 13.8. The number of hydrogen-bond donors (Lipinski definition) is 2. The monoisotopic (exact) mass is 497 g/mol. The Kier molecular flexibility index (Phi) is 9.80. The van der Waals surface area contributed by atoms with Gasteiger partial charge in [-0.05, 0) is 83.3 Å². The fourth-order valence-corrected chi connectivity index (χ4v) is 4.91. The molecule has 0 bridgehead atoms. The lowest BCUT2D eigenvalue weighted by Gasteiger charge is -2.45. The van der Waals surface area contributed by atoms with Crippen LogP contribution in [-0.4, -0.2) is 45.6 Å². The fraction of sp³-hybridized carbons (Fsp3) is 0.690. The first-order valence-corrected chi connectivity index (χ1v) is 13.8. The van der Waals surface area contributed by atoms with Crippen molar-refractivity contribution in [2.75, 3.05) is 18.4 Å². The third kappa shape index (κ3) is 8.52. The zero-order valence-electron chi connectivity index (χ0n) is 23.4. The molecule has 2 N–H and O–H groups in total. The highest BCUT2D eigenvalue weighted by Crippen LogP contribution is 2.39. The van der Waals surface area contributed by atoms with Crippen molar-refractivity contribution in [2.45, 2.75) is 98.5 Å². The number of likely N-dealkylation sites (tertiary alicyclic amines) is 1. The largest absolute Gasteiger partial charge is 0.460 e. The van der Waals surface area contributed by atoms with Gasteiger partial charge in [-0.15, -0.1) is 0 Å². The number of anilines is 1. The second-order valence-electron chi connectivity index (χ2n) is 11.5. The maximum atomic E-state index is 12.3. The molecule has 1 aromatic heterocycles. The van der Waals surface area contributed by atoms with E-state index in [0.717, 1.165) is 49.8 Å². The van der Waals surface area contributed by atoms with Crippen molar-refractivity contribution >= 4 is 17.6 Å². The Bertz CT molecular complexity index is 945. The molecule has 0 radical (unpaired) electrons. The number of amidine groups is 1. The Labute approximate surface area is 217 Å². The van der Waals surface area contributed by atoms with Crippen molar-refractivity contribution in [3.63, 3.8) is 0 Å². The first kappa shape index (κ1) is 28.0. The summed E-state index contributed by atoms with van der Waals surface area (Å²) in [4.78, 5) is 19.6. The van der Waals surface area contributed by atoms with Crippen molar-refractivity contribution in [3.05, 3.63) is 35.8 Å². The van der Waals surface area contributed by atoms with Gasteiger partial charge >= 0.3 is 5.97 Å². The molecule has 3 rings (SSSR count). The van der Waals surface area contributed by atoms with Crippen LogP contribution >= 0.6 is 0 Å². The zero-order chi connectivity index (χ0) is 26.3. The van der Waals surface area contributed by atoms with E-state index in [9.17, 15) is 4.79 Å². The highest BCUT2D eigenvalue weighted by molar-refractivity contribution is 6.03. The normalized spacial score (nSPS) is 19.4. The molecule has 36 heavy (non-hydrogen) atoms. The van der Waals surface area contributed by atoms with Gasteiger partial charge in [0.05, 0.1) is 0 Å². The SMILES string of the molecule is C\C=C/C(=N/C(=C/CC)N1CC(C(CC)CC(C)CC(=O)OC(C)(C)C)C1)Nc1cc(C2CC2)[nH]n1. The molecule has 7 heteroatoms. The molecule has 1 aliphatic carbocycles. The van der Waals surface area contributed by atoms with Crippen molar-refractivity contribution in [2.24, 2.45) is 22.7 Å². The molecule has 1 saturated heterocycles. The number of H-pyrrole nitrogens is 1. The predicted molar refractivity (Wildman–Crippen MR) is 148 cm³/mol. The second kappa shape index (κ2) is 12.6. The number of aliphatic imine (C=N–C) groups is 1. The van der Waals surface area contributed by atoms with Crippen LogP contribution in [-0.2, 0) is 9.53 Å². The van der Waals surface area contributed by atoms with Crippen molar-refractivity contribution in [1.29, 1.82) is 0 Å². The Morgan fingerprint density at radius 3 is 2.64 bits per heavy atom. The molecular formula is C29H47N5O2. The van der Waals surface area contributed by atoms with E-state index in [0.29, 0.717) is 30.1 Å². The Balaban J connectivity index is 1.57. The third-order valence-corrected chi connectivity index (χ3v) is 6.88. The molecule has 2 aliphatic rings. The van der Waals surface area contributed by atoms with Crippen LogP contribution in [0.1, 0.15) is 98.6 Å². The number of aromatic amines is 1. The van der Waals surface area contributed by atoms with Gasteiger partial charge in [0, 0.05) is 37.2 Å². The van der Waals surface area contributed by atoms with Crippen molar-refractivity contribution < 1.29 is 9.53 Å². The molecule has 2 atom stereocenters. The minimum absolute atomic E-state index is 0.0900. The lowest BCUT2D eigenvalue weighted by atomic mass is 9.78. The maximum absolute atomic E-state index is 12.3. The Hall–Kier alpha value is -2.57. The van der Waals surface area contributed by atoms with Crippen LogP contribution < -0.4 is 5.32 Å². The van der Waals surface area contributed by atoms with Gasteiger partial charge in [0.1, 0.15) is 17.3 Å². The Morgan fingerprint density at radius 1 is 1.33 bits per heavy atom. The van der Waals surface area contributed by atoms with E-state index in [1.54, 1.807) is 0 Å². The van der Waals surface area contributed by atoms with E-state index in [1.165, 1.54) is 18.5 Å². The third-order valence-electron chi connectivity index (χ3n) is 6.88. The van der Waals surface area contributed by atoms with Gasteiger partial charge in [-0.1, -0.05) is 33.3 Å². The van der Waals surface area contributed by atoms with Gasteiger partial charge in [-0.25, -0.2) is 4.99 Å². The summed E-state index contributed by atoms with van der Waals surface area (Å²) >= 11 is 0. The van der Waals surface area contributed by atoms with E-state index >= 15 is 0 Å². The molecule has 7 nitrogen and oxygen atoms in total.